The number of ether oxygens (including phenoxy) is 1. The first-order valence-electron chi connectivity index (χ1n) is 7.13. The number of unbranched alkanes of at least 4 members (excludes halogenated alkanes) is 1. The third-order valence-corrected chi connectivity index (χ3v) is 2.75. The maximum atomic E-state index is 5.72. The molecule has 1 heterocycles. The van der Waals surface area contributed by atoms with Crippen LogP contribution in [0.5, 0.6) is 5.88 Å². The summed E-state index contributed by atoms with van der Waals surface area (Å²) in [4.78, 5) is 4.55. The third kappa shape index (κ3) is 5.50. The molecule has 0 amide bonds. The monoisotopic (exact) mass is 250 g/mol. The van der Waals surface area contributed by atoms with Gasteiger partial charge in [-0.05, 0) is 31.0 Å². The number of rotatable bonds is 9. The van der Waals surface area contributed by atoms with E-state index in [1.165, 1.54) is 5.56 Å². The van der Waals surface area contributed by atoms with Gasteiger partial charge in [0.05, 0.1) is 6.61 Å². The Hall–Kier alpha value is -1.09. The summed E-state index contributed by atoms with van der Waals surface area (Å²) in [6, 6.07) is 4.23. The van der Waals surface area contributed by atoms with Crippen LogP contribution in [0, 0.1) is 0 Å². The highest BCUT2D eigenvalue weighted by Crippen LogP contribution is 2.14. The number of hydrogen-bond donors (Lipinski definition) is 1. The summed E-state index contributed by atoms with van der Waals surface area (Å²) >= 11 is 0. The van der Waals surface area contributed by atoms with Gasteiger partial charge in [-0.2, -0.15) is 0 Å². The molecule has 0 spiro atoms. The molecule has 0 atom stereocenters. The van der Waals surface area contributed by atoms with Gasteiger partial charge in [0.25, 0.3) is 0 Å². The zero-order valence-electron chi connectivity index (χ0n) is 12.0. The van der Waals surface area contributed by atoms with Crippen molar-refractivity contribution in [2.75, 3.05) is 13.2 Å². The normalized spacial score (nSPS) is 10.6. The Morgan fingerprint density at radius 1 is 1.17 bits per heavy atom. The standard InChI is InChI=1S/C15H26N2O/c1-4-7-9-18-15-11-13(12-16-6-3)10-14(17-15)8-5-2/h10-11,16H,4-9,12H2,1-3H3. The molecule has 0 aliphatic carbocycles. The number of aryl methyl sites for hydroxylation is 1. The maximum absolute atomic E-state index is 5.72. The zero-order chi connectivity index (χ0) is 13.2. The van der Waals surface area contributed by atoms with E-state index in [0.29, 0.717) is 0 Å². The Balaban J connectivity index is 2.70. The van der Waals surface area contributed by atoms with E-state index in [2.05, 4.69) is 43.2 Å². The summed E-state index contributed by atoms with van der Waals surface area (Å²) in [5, 5.41) is 3.35. The summed E-state index contributed by atoms with van der Waals surface area (Å²) in [6.45, 7) is 9.10. The average molecular weight is 250 g/mol. The van der Waals surface area contributed by atoms with E-state index in [1.807, 2.05) is 0 Å². The Kier molecular flexibility index (Phi) is 7.42. The molecule has 0 aromatic carbocycles. The zero-order valence-corrected chi connectivity index (χ0v) is 12.0. The van der Waals surface area contributed by atoms with Crippen LogP contribution >= 0.6 is 0 Å². The first-order valence-corrected chi connectivity index (χ1v) is 7.13. The van der Waals surface area contributed by atoms with Crippen molar-refractivity contribution in [1.29, 1.82) is 0 Å². The van der Waals surface area contributed by atoms with Crippen LogP contribution in [0.4, 0.5) is 0 Å². The minimum atomic E-state index is 0.764. The SMILES string of the molecule is CCCCOc1cc(CNCC)cc(CCC)n1. The first-order chi connectivity index (χ1) is 8.80. The van der Waals surface area contributed by atoms with E-state index in [1.54, 1.807) is 0 Å². The molecule has 1 aromatic rings. The van der Waals surface area contributed by atoms with E-state index in [9.17, 15) is 0 Å². The number of nitrogens with one attached hydrogen (secondary N) is 1. The van der Waals surface area contributed by atoms with Crippen LogP contribution in [0.2, 0.25) is 0 Å². The van der Waals surface area contributed by atoms with Crippen LogP contribution in [-0.2, 0) is 13.0 Å². The highest BCUT2D eigenvalue weighted by Gasteiger charge is 2.03. The quantitative estimate of drug-likeness (QED) is 0.683. The van der Waals surface area contributed by atoms with E-state index < -0.39 is 0 Å². The van der Waals surface area contributed by atoms with E-state index >= 15 is 0 Å². The van der Waals surface area contributed by atoms with Gasteiger partial charge in [-0.25, -0.2) is 4.98 Å². The minimum absolute atomic E-state index is 0.764. The van der Waals surface area contributed by atoms with Gasteiger partial charge in [0.1, 0.15) is 0 Å². The molecule has 0 unspecified atom stereocenters. The molecule has 0 bridgehead atoms. The van der Waals surface area contributed by atoms with Gasteiger partial charge in [-0.3, -0.25) is 0 Å². The Morgan fingerprint density at radius 2 is 2.00 bits per heavy atom. The molecule has 0 radical (unpaired) electrons. The summed E-state index contributed by atoms with van der Waals surface area (Å²) in [5.41, 5.74) is 2.40. The second-order valence-corrected chi connectivity index (χ2v) is 4.54. The molecular formula is C15H26N2O. The number of pyridine rings is 1. The second-order valence-electron chi connectivity index (χ2n) is 4.54. The Labute approximate surface area is 111 Å². The van der Waals surface area contributed by atoms with Crippen LogP contribution in [0.25, 0.3) is 0 Å². The first kappa shape index (κ1) is 15.0. The van der Waals surface area contributed by atoms with Crippen molar-refractivity contribution in [3.05, 3.63) is 23.4 Å². The predicted molar refractivity (Wildman–Crippen MR) is 76.0 cm³/mol. The van der Waals surface area contributed by atoms with E-state index in [-0.39, 0.29) is 0 Å². The fraction of sp³-hybridized carbons (Fsp3) is 0.667. The number of nitrogens with zero attached hydrogens (tertiary/aromatic N) is 1. The van der Waals surface area contributed by atoms with Crippen molar-refractivity contribution >= 4 is 0 Å². The molecule has 18 heavy (non-hydrogen) atoms. The minimum Gasteiger partial charge on any atom is -0.478 e. The fourth-order valence-corrected chi connectivity index (χ4v) is 1.77. The van der Waals surface area contributed by atoms with Crippen LogP contribution in [0.3, 0.4) is 0 Å². The van der Waals surface area contributed by atoms with Crippen molar-refractivity contribution in [2.24, 2.45) is 0 Å². The number of hydrogen-bond acceptors (Lipinski definition) is 3. The molecular weight excluding hydrogens is 224 g/mol. The van der Waals surface area contributed by atoms with Crippen molar-refractivity contribution < 1.29 is 4.74 Å². The van der Waals surface area contributed by atoms with Crippen LogP contribution < -0.4 is 10.1 Å². The molecule has 1 rings (SSSR count). The largest absolute Gasteiger partial charge is 0.478 e. The average Bonchev–Trinajstić information content (AvgIpc) is 2.37. The molecule has 0 saturated carbocycles. The summed E-state index contributed by atoms with van der Waals surface area (Å²) in [5.74, 6) is 0.780. The highest BCUT2D eigenvalue weighted by molar-refractivity contribution is 5.25. The maximum Gasteiger partial charge on any atom is 0.213 e. The third-order valence-electron chi connectivity index (χ3n) is 2.75. The lowest BCUT2D eigenvalue weighted by Crippen LogP contribution is -2.12. The second kappa shape index (κ2) is 8.92. The number of aromatic nitrogens is 1. The molecule has 3 nitrogen and oxygen atoms in total. The topological polar surface area (TPSA) is 34.1 Å². The van der Waals surface area contributed by atoms with E-state index in [4.69, 9.17) is 4.74 Å². The van der Waals surface area contributed by atoms with Crippen LogP contribution in [-0.4, -0.2) is 18.1 Å². The van der Waals surface area contributed by atoms with Gasteiger partial charge in [0, 0.05) is 18.3 Å². The summed E-state index contributed by atoms with van der Waals surface area (Å²) in [6.07, 6.45) is 4.37. The van der Waals surface area contributed by atoms with Crippen LogP contribution in [0.1, 0.15) is 51.3 Å². The molecule has 0 aliphatic heterocycles. The fourth-order valence-electron chi connectivity index (χ4n) is 1.77. The van der Waals surface area contributed by atoms with Gasteiger partial charge < -0.3 is 10.1 Å². The van der Waals surface area contributed by atoms with Gasteiger partial charge >= 0.3 is 0 Å². The van der Waals surface area contributed by atoms with Crippen molar-refractivity contribution in [2.45, 2.75) is 53.0 Å². The van der Waals surface area contributed by atoms with Gasteiger partial charge in [-0.15, -0.1) is 0 Å². The van der Waals surface area contributed by atoms with Gasteiger partial charge in [0.2, 0.25) is 5.88 Å². The van der Waals surface area contributed by atoms with Gasteiger partial charge in [0.15, 0.2) is 0 Å². The summed E-state index contributed by atoms with van der Waals surface area (Å²) < 4.78 is 5.72. The lowest BCUT2D eigenvalue weighted by atomic mass is 10.1. The summed E-state index contributed by atoms with van der Waals surface area (Å²) in [7, 11) is 0. The van der Waals surface area contributed by atoms with E-state index in [0.717, 1.165) is 57.0 Å². The van der Waals surface area contributed by atoms with Crippen molar-refractivity contribution in [3.63, 3.8) is 0 Å². The molecule has 102 valence electrons. The molecule has 3 heteroatoms. The predicted octanol–water partition coefficient (Wildman–Crippen LogP) is 3.32. The lowest BCUT2D eigenvalue weighted by Gasteiger charge is -2.10. The molecule has 0 aliphatic rings. The molecule has 1 aromatic heterocycles. The smallest absolute Gasteiger partial charge is 0.213 e. The lowest BCUT2D eigenvalue weighted by molar-refractivity contribution is 0.296. The van der Waals surface area contributed by atoms with Gasteiger partial charge in [-0.1, -0.05) is 33.6 Å². The van der Waals surface area contributed by atoms with Crippen molar-refractivity contribution in [1.82, 2.24) is 10.3 Å². The highest BCUT2D eigenvalue weighted by atomic mass is 16.5. The molecule has 0 fully saturated rings. The molecule has 1 N–H and O–H groups in total. The van der Waals surface area contributed by atoms with Crippen LogP contribution in [0.15, 0.2) is 12.1 Å². The van der Waals surface area contributed by atoms with Crippen molar-refractivity contribution in [3.8, 4) is 5.88 Å². The molecule has 0 saturated heterocycles. The Bertz CT molecular complexity index is 339. The Morgan fingerprint density at radius 3 is 2.67 bits per heavy atom.